The molecule has 1 nitrogen and oxygen atoms in total. The van der Waals surface area contributed by atoms with E-state index in [2.05, 4.69) is 100 Å². The van der Waals surface area contributed by atoms with Crippen LogP contribution in [0.1, 0.15) is 43.0 Å². The van der Waals surface area contributed by atoms with E-state index in [-0.39, 0.29) is 5.41 Å². The van der Waals surface area contributed by atoms with Gasteiger partial charge in [0.1, 0.15) is 5.75 Å². The van der Waals surface area contributed by atoms with E-state index in [4.69, 9.17) is 0 Å². The van der Waals surface area contributed by atoms with E-state index < -0.39 is 0 Å². The highest BCUT2D eigenvalue weighted by atomic mass is 16.3. The summed E-state index contributed by atoms with van der Waals surface area (Å²) in [4.78, 5) is 0. The summed E-state index contributed by atoms with van der Waals surface area (Å²) in [7, 11) is 0. The first-order valence-corrected chi connectivity index (χ1v) is 11.7. The summed E-state index contributed by atoms with van der Waals surface area (Å²) in [6, 6.07) is 31.9. The molecule has 4 rings (SSSR count). The first-order chi connectivity index (χ1) is 15.9. The number of allylic oxidation sites excluding steroid dienone is 1. The molecule has 166 valence electrons. The molecule has 0 radical (unpaired) electrons. The van der Waals surface area contributed by atoms with Gasteiger partial charge in [-0.2, -0.15) is 0 Å². The van der Waals surface area contributed by atoms with Gasteiger partial charge in [0.2, 0.25) is 0 Å². The van der Waals surface area contributed by atoms with Crippen molar-refractivity contribution in [3.8, 4) is 28.0 Å². The van der Waals surface area contributed by atoms with E-state index in [1.807, 2.05) is 24.3 Å². The Labute approximate surface area is 198 Å². The lowest BCUT2D eigenvalue weighted by molar-refractivity contribution is 0.470. The second kappa shape index (κ2) is 9.50. The zero-order valence-corrected chi connectivity index (χ0v) is 19.8. The van der Waals surface area contributed by atoms with Gasteiger partial charge in [-0.3, -0.25) is 0 Å². The second-order valence-corrected chi connectivity index (χ2v) is 9.15. The molecule has 0 spiro atoms. The molecule has 0 aliphatic heterocycles. The molecule has 4 aromatic rings. The molecule has 0 aromatic heterocycles. The highest BCUT2D eigenvalue weighted by Crippen LogP contribution is 2.41. The quantitative estimate of drug-likeness (QED) is 0.291. The van der Waals surface area contributed by atoms with E-state index in [1.165, 1.54) is 27.8 Å². The van der Waals surface area contributed by atoms with Crippen LogP contribution in [0.15, 0.2) is 104 Å². The van der Waals surface area contributed by atoms with E-state index in [1.54, 1.807) is 0 Å². The number of phenols is 1. The highest BCUT2D eigenvalue weighted by molar-refractivity contribution is 5.74. The van der Waals surface area contributed by atoms with Gasteiger partial charge in [0.05, 0.1) is 0 Å². The summed E-state index contributed by atoms with van der Waals surface area (Å²) in [6.07, 6.45) is 3.57. The molecule has 0 atom stereocenters. The summed E-state index contributed by atoms with van der Waals surface area (Å²) in [5.74, 6) is 0.383. The van der Waals surface area contributed by atoms with Crippen LogP contribution in [0.3, 0.4) is 0 Å². The number of aromatic hydroxyl groups is 1. The standard InChI is InChI=1S/C32H32O/c1-5-13-23-18-27(25-14-9-7-10-15-25)21-28(19-23)32(3,4)29-20-24(6-2)31(33)30(22-29)26-16-11-8-12-17-26/h5,7-12,14-22,33H,1,6,13H2,2-4H3. The molecule has 4 aromatic carbocycles. The zero-order chi connectivity index (χ0) is 23.4. The Hall–Kier alpha value is -3.58. The Morgan fingerprint density at radius 1 is 0.758 bits per heavy atom. The molecule has 0 aliphatic rings. The second-order valence-electron chi connectivity index (χ2n) is 9.15. The molecule has 0 saturated carbocycles. The first kappa shape index (κ1) is 22.6. The zero-order valence-electron chi connectivity index (χ0n) is 19.8. The summed E-state index contributed by atoms with van der Waals surface area (Å²) in [6.45, 7) is 10.6. The van der Waals surface area contributed by atoms with Crippen LogP contribution in [0.2, 0.25) is 0 Å². The molecule has 0 saturated heterocycles. The van der Waals surface area contributed by atoms with Crippen LogP contribution in [-0.2, 0) is 18.3 Å². The summed E-state index contributed by atoms with van der Waals surface area (Å²) < 4.78 is 0. The fourth-order valence-corrected chi connectivity index (χ4v) is 4.46. The van der Waals surface area contributed by atoms with Gasteiger partial charge in [-0.15, -0.1) is 6.58 Å². The van der Waals surface area contributed by atoms with Gasteiger partial charge in [0.15, 0.2) is 0 Å². The minimum Gasteiger partial charge on any atom is -0.507 e. The third kappa shape index (κ3) is 4.64. The first-order valence-electron chi connectivity index (χ1n) is 11.7. The number of benzene rings is 4. The van der Waals surface area contributed by atoms with Crippen molar-refractivity contribution in [2.24, 2.45) is 0 Å². The van der Waals surface area contributed by atoms with E-state index in [0.29, 0.717) is 5.75 Å². The van der Waals surface area contributed by atoms with E-state index in [9.17, 15) is 5.11 Å². The molecule has 1 heteroatoms. The van der Waals surface area contributed by atoms with Crippen molar-refractivity contribution in [1.82, 2.24) is 0 Å². The van der Waals surface area contributed by atoms with Gasteiger partial charge in [0, 0.05) is 11.0 Å². The predicted octanol–water partition coefficient (Wildman–Crippen LogP) is 8.34. The van der Waals surface area contributed by atoms with Crippen molar-refractivity contribution >= 4 is 0 Å². The minimum absolute atomic E-state index is 0.248. The van der Waals surface area contributed by atoms with Gasteiger partial charge in [-0.25, -0.2) is 0 Å². The van der Waals surface area contributed by atoms with Crippen LogP contribution >= 0.6 is 0 Å². The Bertz CT molecular complexity index is 1250. The van der Waals surface area contributed by atoms with Crippen LogP contribution in [0.5, 0.6) is 5.75 Å². The van der Waals surface area contributed by atoms with Crippen molar-refractivity contribution in [2.75, 3.05) is 0 Å². The lowest BCUT2D eigenvalue weighted by Gasteiger charge is -2.29. The van der Waals surface area contributed by atoms with Crippen molar-refractivity contribution in [3.05, 3.63) is 126 Å². The van der Waals surface area contributed by atoms with Gasteiger partial charge in [0.25, 0.3) is 0 Å². The number of rotatable bonds is 7. The highest BCUT2D eigenvalue weighted by Gasteiger charge is 2.26. The maximum absolute atomic E-state index is 11.0. The average Bonchev–Trinajstić information content (AvgIpc) is 2.85. The molecular weight excluding hydrogens is 400 g/mol. The third-order valence-electron chi connectivity index (χ3n) is 6.58. The molecule has 0 aliphatic carbocycles. The maximum atomic E-state index is 11.0. The van der Waals surface area contributed by atoms with Crippen molar-refractivity contribution in [3.63, 3.8) is 0 Å². The largest absolute Gasteiger partial charge is 0.507 e. The fraction of sp³-hybridized carbons (Fsp3) is 0.188. The summed E-state index contributed by atoms with van der Waals surface area (Å²) in [5, 5.41) is 11.0. The lowest BCUT2D eigenvalue weighted by Crippen LogP contribution is -2.20. The topological polar surface area (TPSA) is 20.2 Å². The molecule has 0 fully saturated rings. The van der Waals surface area contributed by atoms with E-state index >= 15 is 0 Å². The smallest absolute Gasteiger partial charge is 0.126 e. The molecular formula is C32H32O. The Morgan fingerprint density at radius 3 is 1.97 bits per heavy atom. The predicted molar refractivity (Wildman–Crippen MR) is 141 cm³/mol. The Balaban J connectivity index is 1.89. The number of phenolic OH excluding ortho intramolecular Hbond substituents is 1. The van der Waals surface area contributed by atoms with Crippen LogP contribution < -0.4 is 0 Å². The monoisotopic (exact) mass is 432 g/mol. The number of aryl methyl sites for hydroxylation is 1. The van der Waals surface area contributed by atoms with Crippen LogP contribution in [-0.4, -0.2) is 5.11 Å². The van der Waals surface area contributed by atoms with Crippen molar-refractivity contribution in [2.45, 2.75) is 39.0 Å². The molecule has 0 unspecified atom stereocenters. The molecule has 0 heterocycles. The maximum Gasteiger partial charge on any atom is 0.126 e. The van der Waals surface area contributed by atoms with Gasteiger partial charge >= 0.3 is 0 Å². The third-order valence-corrected chi connectivity index (χ3v) is 6.58. The molecule has 0 bridgehead atoms. The van der Waals surface area contributed by atoms with Crippen molar-refractivity contribution in [1.29, 1.82) is 0 Å². The Kier molecular flexibility index (Phi) is 6.51. The average molecular weight is 433 g/mol. The number of hydrogen-bond donors (Lipinski definition) is 1. The van der Waals surface area contributed by atoms with Gasteiger partial charge < -0.3 is 5.11 Å². The summed E-state index contributed by atoms with van der Waals surface area (Å²) in [5.41, 5.74) is 8.80. The molecule has 33 heavy (non-hydrogen) atoms. The number of hydrogen-bond acceptors (Lipinski definition) is 1. The van der Waals surface area contributed by atoms with Crippen LogP contribution in [0.4, 0.5) is 0 Å². The van der Waals surface area contributed by atoms with Crippen LogP contribution in [0.25, 0.3) is 22.3 Å². The minimum atomic E-state index is -0.248. The van der Waals surface area contributed by atoms with Gasteiger partial charge in [-0.1, -0.05) is 112 Å². The SMILES string of the molecule is C=CCc1cc(-c2ccccc2)cc(C(C)(C)c2cc(CC)c(O)c(-c3ccccc3)c2)c1. The van der Waals surface area contributed by atoms with Crippen molar-refractivity contribution < 1.29 is 5.11 Å². The van der Waals surface area contributed by atoms with Gasteiger partial charge in [-0.05, 0) is 57.9 Å². The summed E-state index contributed by atoms with van der Waals surface area (Å²) >= 11 is 0. The normalized spacial score (nSPS) is 11.4. The fourth-order valence-electron chi connectivity index (χ4n) is 4.46. The lowest BCUT2D eigenvalue weighted by atomic mass is 9.75. The molecule has 0 amide bonds. The molecule has 1 N–H and O–H groups in total. The Morgan fingerprint density at radius 2 is 1.36 bits per heavy atom. The van der Waals surface area contributed by atoms with Crippen LogP contribution in [0, 0.1) is 0 Å². The van der Waals surface area contributed by atoms with E-state index in [0.717, 1.165) is 29.5 Å².